The zero-order valence-corrected chi connectivity index (χ0v) is 8.50. The molecule has 2 N–H and O–H groups in total. The second kappa shape index (κ2) is 3.43. The molecule has 2 nitrogen and oxygen atoms in total. The van der Waals surface area contributed by atoms with Crippen LogP contribution in [0.2, 0.25) is 0 Å². The average Bonchev–Trinajstić information content (AvgIpc) is 2.48. The largest absolute Gasteiger partial charge is 0.324 e. The van der Waals surface area contributed by atoms with E-state index in [-0.39, 0.29) is 5.54 Å². The second-order valence-corrected chi connectivity index (χ2v) is 4.80. The van der Waals surface area contributed by atoms with Crippen LogP contribution in [0.1, 0.15) is 32.6 Å². The van der Waals surface area contributed by atoms with Crippen LogP contribution >= 0.6 is 0 Å². The number of nitrogens with two attached hydrogens (primary N) is 1. The van der Waals surface area contributed by atoms with Gasteiger partial charge in [-0.05, 0) is 32.6 Å². The number of nitrogens with zero attached hydrogens (tertiary/aromatic N) is 1. The number of hydrogen-bond donors (Lipinski definition) is 1. The van der Waals surface area contributed by atoms with E-state index in [9.17, 15) is 0 Å². The molecule has 1 heterocycles. The van der Waals surface area contributed by atoms with Crippen molar-refractivity contribution < 1.29 is 0 Å². The monoisotopic (exact) mass is 180 g/mol. The van der Waals surface area contributed by atoms with Gasteiger partial charge in [-0.1, -0.05) is 12.2 Å². The highest BCUT2D eigenvalue weighted by atomic mass is 15.2. The van der Waals surface area contributed by atoms with Crippen LogP contribution in [-0.4, -0.2) is 29.6 Å². The van der Waals surface area contributed by atoms with E-state index in [2.05, 4.69) is 24.0 Å². The van der Waals surface area contributed by atoms with Gasteiger partial charge < -0.3 is 5.73 Å². The maximum atomic E-state index is 6.11. The van der Waals surface area contributed by atoms with Gasteiger partial charge in [0.05, 0.1) is 0 Å². The molecule has 0 aromatic heterocycles. The molecular weight excluding hydrogens is 160 g/mol. The third-order valence-electron chi connectivity index (χ3n) is 3.23. The van der Waals surface area contributed by atoms with Crippen molar-refractivity contribution in [3.05, 3.63) is 12.2 Å². The molecule has 2 aliphatic rings. The summed E-state index contributed by atoms with van der Waals surface area (Å²) in [6.45, 7) is 4.42. The summed E-state index contributed by atoms with van der Waals surface area (Å²) in [6.07, 6.45) is 9.78. The Morgan fingerprint density at radius 3 is 2.92 bits per heavy atom. The average molecular weight is 180 g/mol. The fraction of sp³-hybridized carbons (Fsp3) is 0.818. The van der Waals surface area contributed by atoms with Crippen LogP contribution < -0.4 is 5.73 Å². The van der Waals surface area contributed by atoms with Gasteiger partial charge in [-0.15, -0.1) is 0 Å². The van der Waals surface area contributed by atoms with Crippen molar-refractivity contribution in [1.29, 1.82) is 0 Å². The van der Waals surface area contributed by atoms with E-state index < -0.39 is 0 Å². The first-order valence-corrected chi connectivity index (χ1v) is 5.37. The first-order valence-electron chi connectivity index (χ1n) is 5.37. The van der Waals surface area contributed by atoms with Crippen molar-refractivity contribution in [2.75, 3.05) is 13.1 Å². The van der Waals surface area contributed by atoms with E-state index >= 15 is 0 Å². The molecule has 2 unspecified atom stereocenters. The molecule has 1 saturated heterocycles. The van der Waals surface area contributed by atoms with E-state index in [0.717, 1.165) is 13.0 Å². The van der Waals surface area contributed by atoms with Crippen LogP contribution in [0, 0.1) is 0 Å². The first-order chi connectivity index (χ1) is 6.17. The molecule has 1 fully saturated rings. The normalized spacial score (nSPS) is 41.2. The second-order valence-electron chi connectivity index (χ2n) is 4.80. The minimum absolute atomic E-state index is 0.0608. The van der Waals surface area contributed by atoms with E-state index in [1.807, 2.05) is 0 Å². The minimum atomic E-state index is 0.0608. The van der Waals surface area contributed by atoms with Crippen LogP contribution in [0.3, 0.4) is 0 Å². The van der Waals surface area contributed by atoms with Crippen LogP contribution in [0.4, 0.5) is 0 Å². The van der Waals surface area contributed by atoms with Crippen molar-refractivity contribution in [1.82, 2.24) is 4.90 Å². The summed E-state index contributed by atoms with van der Waals surface area (Å²) in [4.78, 5) is 2.54. The molecule has 0 amide bonds. The first kappa shape index (κ1) is 9.22. The summed E-state index contributed by atoms with van der Waals surface area (Å²) in [7, 11) is 0. The molecule has 1 aliphatic carbocycles. The van der Waals surface area contributed by atoms with Gasteiger partial charge in [0.2, 0.25) is 0 Å². The Balaban J connectivity index is 1.95. The van der Waals surface area contributed by atoms with Crippen molar-refractivity contribution in [2.24, 2.45) is 5.73 Å². The van der Waals surface area contributed by atoms with Gasteiger partial charge >= 0.3 is 0 Å². The lowest BCUT2D eigenvalue weighted by Crippen LogP contribution is -2.42. The molecular formula is C11H20N2. The highest BCUT2D eigenvalue weighted by Crippen LogP contribution is 2.24. The molecule has 0 radical (unpaired) electrons. The van der Waals surface area contributed by atoms with Crippen LogP contribution in [-0.2, 0) is 0 Å². The lowest BCUT2D eigenvalue weighted by atomic mass is 10.0. The van der Waals surface area contributed by atoms with E-state index in [1.54, 1.807) is 0 Å². The minimum Gasteiger partial charge on any atom is -0.324 e. The molecule has 1 aliphatic heterocycles. The molecule has 2 rings (SSSR count). The molecule has 0 bridgehead atoms. The van der Waals surface area contributed by atoms with Gasteiger partial charge in [0.15, 0.2) is 0 Å². The number of allylic oxidation sites excluding steroid dienone is 1. The quantitative estimate of drug-likeness (QED) is 0.620. The Morgan fingerprint density at radius 1 is 1.54 bits per heavy atom. The standard InChI is InChI=1S/C11H20N2/c1-11(12)7-8-13(9-11)10-5-3-2-4-6-10/h3,5,10H,2,4,6-9,12H2,1H3. The zero-order chi connectivity index (χ0) is 9.31. The highest BCUT2D eigenvalue weighted by Gasteiger charge is 2.32. The molecule has 13 heavy (non-hydrogen) atoms. The number of likely N-dealkylation sites (tertiary alicyclic amines) is 1. The Morgan fingerprint density at radius 2 is 2.38 bits per heavy atom. The molecule has 2 atom stereocenters. The molecule has 74 valence electrons. The van der Waals surface area contributed by atoms with Gasteiger partial charge in [0, 0.05) is 24.7 Å². The summed E-state index contributed by atoms with van der Waals surface area (Å²) >= 11 is 0. The van der Waals surface area contributed by atoms with Crippen molar-refractivity contribution >= 4 is 0 Å². The summed E-state index contributed by atoms with van der Waals surface area (Å²) < 4.78 is 0. The van der Waals surface area contributed by atoms with E-state index in [4.69, 9.17) is 5.73 Å². The highest BCUT2D eigenvalue weighted by molar-refractivity contribution is 5.03. The van der Waals surface area contributed by atoms with Crippen LogP contribution in [0.15, 0.2) is 12.2 Å². The molecule has 0 spiro atoms. The predicted octanol–water partition coefficient (Wildman–Crippen LogP) is 1.52. The van der Waals surface area contributed by atoms with E-state index in [1.165, 1.54) is 25.8 Å². The Hall–Kier alpha value is -0.340. The van der Waals surface area contributed by atoms with E-state index in [0.29, 0.717) is 6.04 Å². The lowest BCUT2D eigenvalue weighted by molar-refractivity contribution is 0.249. The fourth-order valence-electron chi connectivity index (χ4n) is 2.40. The number of rotatable bonds is 1. The zero-order valence-electron chi connectivity index (χ0n) is 8.50. The van der Waals surface area contributed by atoms with Gasteiger partial charge in [0.25, 0.3) is 0 Å². The Bertz CT molecular complexity index is 208. The summed E-state index contributed by atoms with van der Waals surface area (Å²) in [5.41, 5.74) is 6.17. The topological polar surface area (TPSA) is 29.3 Å². The Labute approximate surface area is 80.8 Å². The Kier molecular flexibility index (Phi) is 2.43. The SMILES string of the molecule is CC1(N)CCN(C2C=CCCC2)C1. The predicted molar refractivity (Wildman–Crippen MR) is 55.6 cm³/mol. The summed E-state index contributed by atoms with van der Waals surface area (Å²) in [5, 5.41) is 0. The van der Waals surface area contributed by atoms with Gasteiger partial charge in [-0.2, -0.15) is 0 Å². The molecule has 0 aromatic rings. The van der Waals surface area contributed by atoms with Crippen molar-refractivity contribution in [3.8, 4) is 0 Å². The third-order valence-corrected chi connectivity index (χ3v) is 3.23. The number of hydrogen-bond acceptors (Lipinski definition) is 2. The third kappa shape index (κ3) is 2.12. The van der Waals surface area contributed by atoms with Crippen LogP contribution in [0.5, 0.6) is 0 Å². The van der Waals surface area contributed by atoms with Crippen molar-refractivity contribution in [3.63, 3.8) is 0 Å². The van der Waals surface area contributed by atoms with Crippen molar-refractivity contribution in [2.45, 2.75) is 44.2 Å². The smallest absolute Gasteiger partial charge is 0.0279 e. The fourth-order valence-corrected chi connectivity index (χ4v) is 2.40. The molecule has 0 saturated carbocycles. The maximum absolute atomic E-state index is 6.11. The molecule has 2 heteroatoms. The van der Waals surface area contributed by atoms with Gasteiger partial charge in [0.1, 0.15) is 0 Å². The van der Waals surface area contributed by atoms with Crippen LogP contribution in [0.25, 0.3) is 0 Å². The summed E-state index contributed by atoms with van der Waals surface area (Å²) in [5.74, 6) is 0. The van der Waals surface area contributed by atoms with Gasteiger partial charge in [-0.25, -0.2) is 0 Å². The maximum Gasteiger partial charge on any atom is 0.0279 e. The summed E-state index contributed by atoms with van der Waals surface area (Å²) in [6, 6.07) is 0.680. The van der Waals surface area contributed by atoms with Gasteiger partial charge in [-0.3, -0.25) is 4.90 Å². The lowest BCUT2D eigenvalue weighted by Gasteiger charge is -2.28. The molecule has 0 aromatic carbocycles.